The van der Waals surface area contributed by atoms with Crippen LogP contribution in [0.1, 0.15) is 76.5 Å². The van der Waals surface area contributed by atoms with E-state index in [-0.39, 0.29) is 13.0 Å². The predicted molar refractivity (Wildman–Crippen MR) is 158 cm³/mol. The van der Waals surface area contributed by atoms with E-state index in [1.165, 1.54) is 4.90 Å². The van der Waals surface area contributed by atoms with Gasteiger partial charge in [-0.05, 0) is 73.9 Å². The molecule has 0 radical (unpaired) electrons. The Balaban J connectivity index is 1.86. The van der Waals surface area contributed by atoms with Crippen molar-refractivity contribution in [3.05, 3.63) is 53.6 Å². The summed E-state index contributed by atoms with van der Waals surface area (Å²) in [5, 5.41) is 0. The molecular formula is C33H43NO8. The molecule has 1 heterocycles. The number of piperidine rings is 1. The van der Waals surface area contributed by atoms with Gasteiger partial charge in [0.2, 0.25) is 5.78 Å². The third-order valence-corrected chi connectivity index (χ3v) is 7.86. The molecule has 42 heavy (non-hydrogen) atoms. The second kappa shape index (κ2) is 15.4. The number of aldehydes is 1. The van der Waals surface area contributed by atoms with Gasteiger partial charge in [-0.15, -0.1) is 0 Å². The fraction of sp³-hybridized carbons (Fsp3) is 0.515. The number of benzene rings is 2. The van der Waals surface area contributed by atoms with E-state index in [1.807, 2.05) is 37.3 Å². The Morgan fingerprint density at radius 3 is 2.50 bits per heavy atom. The molecule has 0 bridgehead atoms. The Kier molecular flexibility index (Phi) is 11.9. The van der Waals surface area contributed by atoms with Crippen LogP contribution in [0.4, 0.5) is 0 Å². The van der Waals surface area contributed by atoms with Crippen molar-refractivity contribution in [1.29, 1.82) is 0 Å². The molecule has 1 aliphatic rings. The summed E-state index contributed by atoms with van der Waals surface area (Å²) in [5.41, 5.74) is 0.883. The number of carbonyl (C=O) groups excluding carboxylic acids is 4. The first-order valence-corrected chi connectivity index (χ1v) is 14.6. The zero-order valence-corrected chi connectivity index (χ0v) is 25.4. The van der Waals surface area contributed by atoms with Gasteiger partial charge in [0.1, 0.15) is 24.2 Å². The second-order valence-electron chi connectivity index (χ2n) is 11.1. The van der Waals surface area contributed by atoms with Gasteiger partial charge in [0.25, 0.3) is 5.91 Å². The molecule has 2 atom stereocenters. The standard InChI is InChI=1S/C33H43NO8/c1-6-33(2,3)30(36)31(37)34-18-8-7-13-26(34)32(38)42-27(24-11-9-12-25(22-24)41-20-10-19-35)16-14-23-15-17-28(39-4)29(21-23)40-5/h9,11-12,15,17,19,21-22,26-27H,6-8,10,13-14,16,18,20H2,1-5H3/t26?,27-/m1/s1. The largest absolute Gasteiger partial charge is 0.493 e. The molecule has 9 nitrogen and oxygen atoms in total. The lowest BCUT2D eigenvalue weighted by atomic mass is 9.84. The van der Waals surface area contributed by atoms with E-state index in [1.54, 1.807) is 40.2 Å². The number of ketones is 1. The van der Waals surface area contributed by atoms with E-state index >= 15 is 0 Å². The number of Topliss-reactive ketones (excluding diaryl/α,β-unsaturated/α-hetero) is 1. The second-order valence-corrected chi connectivity index (χ2v) is 11.1. The number of rotatable bonds is 15. The van der Waals surface area contributed by atoms with Gasteiger partial charge >= 0.3 is 5.97 Å². The maximum atomic E-state index is 13.7. The first-order chi connectivity index (χ1) is 20.1. The molecule has 3 rings (SSSR count). The van der Waals surface area contributed by atoms with E-state index in [2.05, 4.69) is 0 Å². The fourth-order valence-corrected chi connectivity index (χ4v) is 4.88. The number of carbonyl (C=O) groups is 4. The summed E-state index contributed by atoms with van der Waals surface area (Å²) in [7, 11) is 3.15. The van der Waals surface area contributed by atoms with Crippen LogP contribution in [-0.2, 0) is 30.3 Å². The van der Waals surface area contributed by atoms with Crippen LogP contribution in [0.2, 0.25) is 0 Å². The van der Waals surface area contributed by atoms with Gasteiger partial charge in [-0.25, -0.2) is 4.79 Å². The number of amides is 1. The maximum Gasteiger partial charge on any atom is 0.329 e. The Morgan fingerprint density at radius 1 is 1.05 bits per heavy atom. The monoisotopic (exact) mass is 581 g/mol. The average Bonchev–Trinajstić information content (AvgIpc) is 3.02. The molecule has 1 saturated heterocycles. The van der Waals surface area contributed by atoms with Crippen LogP contribution >= 0.6 is 0 Å². The molecule has 0 aromatic heterocycles. The Morgan fingerprint density at radius 2 is 1.81 bits per heavy atom. The number of likely N-dealkylation sites (tertiary alicyclic amines) is 1. The lowest BCUT2D eigenvalue weighted by molar-refractivity contribution is -0.164. The fourth-order valence-electron chi connectivity index (χ4n) is 4.88. The summed E-state index contributed by atoms with van der Waals surface area (Å²) < 4.78 is 22.6. The molecule has 0 N–H and O–H groups in total. The molecule has 1 amide bonds. The summed E-state index contributed by atoms with van der Waals surface area (Å²) >= 11 is 0. The van der Waals surface area contributed by atoms with E-state index in [0.717, 1.165) is 30.3 Å². The first-order valence-electron chi connectivity index (χ1n) is 14.6. The van der Waals surface area contributed by atoms with Gasteiger partial charge in [-0.2, -0.15) is 0 Å². The van der Waals surface area contributed by atoms with Crippen LogP contribution < -0.4 is 14.2 Å². The van der Waals surface area contributed by atoms with Gasteiger partial charge in [0.05, 0.1) is 20.8 Å². The van der Waals surface area contributed by atoms with Crippen molar-refractivity contribution in [2.24, 2.45) is 5.41 Å². The summed E-state index contributed by atoms with van der Waals surface area (Å²) in [6.45, 7) is 5.94. The van der Waals surface area contributed by atoms with Crippen LogP contribution in [0.25, 0.3) is 0 Å². The molecule has 0 spiro atoms. The number of hydrogen-bond acceptors (Lipinski definition) is 8. The number of hydrogen-bond donors (Lipinski definition) is 0. The average molecular weight is 582 g/mol. The molecule has 228 valence electrons. The van der Waals surface area contributed by atoms with Crippen LogP contribution in [0.5, 0.6) is 17.2 Å². The molecule has 0 aliphatic carbocycles. The number of aryl methyl sites for hydroxylation is 1. The molecule has 2 aromatic rings. The molecule has 1 aliphatic heterocycles. The molecule has 1 fully saturated rings. The van der Waals surface area contributed by atoms with Crippen LogP contribution in [-0.4, -0.2) is 62.3 Å². The van der Waals surface area contributed by atoms with Crippen molar-refractivity contribution in [1.82, 2.24) is 4.90 Å². The lowest BCUT2D eigenvalue weighted by Crippen LogP contribution is -2.53. The highest BCUT2D eigenvalue weighted by Crippen LogP contribution is 2.32. The zero-order chi connectivity index (χ0) is 30.7. The van der Waals surface area contributed by atoms with E-state index in [0.29, 0.717) is 49.5 Å². The first kappa shape index (κ1) is 32.6. The smallest absolute Gasteiger partial charge is 0.329 e. The Labute approximate surface area is 248 Å². The SMILES string of the molecule is CCC(C)(C)C(=O)C(=O)N1CCCCC1C(=O)O[C@H](CCc1ccc(OC)c(OC)c1)c1cccc(OCCC=O)c1. The highest BCUT2D eigenvalue weighted by atomic mass is 16.5. The highest BCUT2D eigenvalue weighted by molar-refractivity contribution is 6.38. The van der Waals surface area contributed by atoms with Crippen LogP contribution in [0.3, 0.4) is 0 Å². The summed E-state index contributed by atoms with van der Waals surface area (Å²) in [4.78, 5) is 52.1. The van der Waals surface area contributed by atoms with E-state index in [4.69, 9.17) is 18.9 Å². The summed E-state index contributed by atoms with van der Waals surface area (Å²) in [6, 6.07) is 12.1. The van der Waals surface area contributed by atoms with Crippen molar-refractivity contribution in [2.45, 2.75) is 77.9 Å². The van der Waals surface area contributed by atoms with E-state index in [9.17, 15) is 19.2 Å². The Bertz CT molecular complexity index is 1240. The van der Waals surface area contributed by atoms with Gasteiger partial charge in [-0.1, -0.05) is 39.0 Å². The predicted octanol–water partition coefficient (Wildman–Crippen LogP) is 5.28. The third-order valence-electron chi connectivity index (χ3n) is 7.86. The van der Waals surface area contributed by atoms with Crippen LogP contribution in [0, 0.1) is 5.41 Å². The van der Waals surface area contributed by atoms with E-state index < -0.39 is 35.2 Å². The van der Waals surface area contributed by atoms with Gasteiger partial charge < -0.3 is 28.6 Å². The van der Waals surface area contributed by atoms with Crippen molar-refractivity contribution >= 4 is 23.9 Å². The number of nitrogens with zero attached hydrogens (tertiary/aromatic N) is 1. The van der Waals surface area contributed by atoms with Crippen molar-refractivity contribution in [3.63, 3.8) is 0 Å². The summed E-state index contributed by atoms with van der Waals surface area (Å²) in [5.74, 6) is 0.126. The van der Waals surface area contributed by atoms with Crippen molar-refractivity contribution in [2.75, 3.05) is 27.4 Å². The van der Waals surface area contributed by atoms with Crippen LogP contribution in [0.15, 0.2) is 42.5 Å². The van der Waals surface area contributed by atoms with Crippen molar-refractivity contribution in [3.8, 4) is 17.2 Å². The van der Waals surface area contributed by atoms with Gasteiger partial charge in [0.15, 0.2) is 11.5 Å². The molecule has 1 unspecified atom stereocenters. The molecule has 9 heteroatoms. The molecule has 2 aromatic carbocycles. The zero-order valence-electron chi connectivity index (χ0n) is 25.4. The third kappa shape index (κ3) is 8.33. The quantitative estimate of drug-likeness (QED) is 0.121. The lowest BCUT2D eigenvalue weighted by Gasteiger charge is -2.36. The number of methoxy groups -OCH3 is 2. The normalized spacial score (nSPS) is 15.8. The topological polar surface area (TPSA) is 108 Å². The minimum atomic E-state index is -0.835. The Hall–Kier alpha value is -3.88. The number of esters is 1. The van der Waals surface area contributed by atoms with Gasteiger partial charge in [0, 0.05) is 18.4 Å². The molecular weight excluding hydrogens is 538 g/mol. The minimum absolute atomic E-state index is 0.240. The highest BCUT2D eigenvalue weighted by Gasteiger charge is 2.41. The summed E-state index contributed by atoms with van der Waals surface area (Å²) in [6.07, 6.45) is 3.84. The molecule has 0 saturated carbocycles. The maximum absolute atomic E-state index is 13.7. The number of ether oxygens (including phenoxy) is 4. The van der Waals surface area contributed by atoms with Gasteiger partial charge in [-0.3, -0.25) is 9.59 Å². The minimum Gasteiger partial charge on any atom is -0.493 e. The van der Waals surface area contributed by atoms with Crippen molar-refractivity contribution < 1.29 is 38.1 Å².